The van der Waals surface area contributed by atoms with E-state index in [0.717, 1.165) is 12.2 Å². The van der Waals surface area contributed by atoms with E-state index < -0.39 is 6.03 Å². The normalized spacial score (nSPS) is 32.1. The largest absolute Gasteiger partial charge is 0.352 e. The van der Waals surface area contributed by atoms with Crippen molar-refractivity contribution in [3.63, 3.8) is 0 Å². The lowest BCUT2D eigenvalue weighted by Crippen LogP contribution is -2.41. The maximum atomic E-state index is 10.4. The Morgan fingerprint density at radius 1 is 1.80 bits per heavy atom. The van der Waals surface area contributed by atoms with Crippen molar-refractivity contribution in [3.8, 4) is 0 Å². The molecule has 0 spiro atoms. The Bertz CT molecular complexity index is 140. The van der Waals surface area contributed by atoms with Gasteiger partial charge >= 0.3 is 6.03 Å². The molecule has 1 rings (SSSR count). The molecule has 1 aliphatic heterocycles. The minimum absolute atomic E-state index is 0.294. The van der Waals surface area contributed by atoms with Crippen LogP contribution in [0, 0.1) is 0 Å². The monoisotopic (exact) mass is 160 g/mol. The Hall–Kier alpha value is -0.380. The van der Waals surface area contributed by atoms with Gasteiger partial charge in [0.15, 0.2) is 0 Å². The van der Waals surface area contributed by atoms with E-state index in [4.69, 9.17) is 5.73 Å². The van der Waals surface area contributed by atoms with Crippen LogP contribution in [0.5, 0.6) is 0 Å². The molecule has 1 saturated heterocycles. The van der Waals surface area contributed by atoms with E-state index in [1.165, 1.54) is 0 Å². The first kappa shape index (κ1) is 7.72. The summed E-state index contributed by atoms with van der Waals surface area (Å²) in [5.41, 5.74) is 4.98. The topological polar surface area (TPSA) is 55.1 Å². The standard InChI is InChI=1S/C6H12N2OS/c1-4-5(2-3-10-4)8-6(7)9/h4-5H,2-3H2,1H3,(H3,7,8,9). The molecule has 1 aliphatic rings. The van der Waals surface area contributed by atoms with E-state index in [1.54, 1.807) is 0 Å². The molecule has 0 aliphatic carbocycles. The number of carbonyl (C=O) groups excluding carboxylic acids is 1. The lowest BCUT2D eigenvalue weighted by atomic mass is 10.2. The first-order valence-corrected chi connectivity index (χ1v) is 4.42. The van der Waals surface area contributed by atoms with E-state index in [-0.39, 0.29) is 0 Å². The fourth-order valence-corrected chi connectivity index (χ4v) is 2.30. The highest BCUT2D eigenvalue weighted by Gasteiger charge is 2.24. The smallest absolute Gasteiger partial charge is 0.312 e. The van der Waals surface area contributed by atoms with Crippen LogP contribution in [0.2, 0.25) is 0 Å². The summed E-state index contributed by atoms with van der Waals surface area (Å²) in [6.07, 6.45) is 1.05. The number of nitrogens with one attached hydrogen (secondary N) is 1. The van der Waals surface area contributed by atoms with Crippen LogP contribution in [0.4, 0.5) is 4.79 Å². The first-order chi connectivity index (χ1) is 4.70. The second-order valence-electron chi connectivity index (χ2n) is 2.48. The summed E-state index contributed by atoms with van der Waals surface area (Å²) in [7, 11) is 0. The molecule has 0 saturated carbocycles. The number of rotatable bonds is 1. The molecule has 1 fully saturated rings. The van der Waals surface area contributed by atoms with Gasteiger partial charge in [0.25, 0.3) is 0 Å². The number of hydrogen-bond donors (Lipinski definition) is 2. The predicted octanol–water partition coefficient (Wildman–Crippen LogP) is 0.549. The zero-order valence-corrected chi connectivity index (χ0v) is 6.78. The molecular weight excluding hydrogens is 148 g/mol. The summed E-state index contributed by atoms with van der Waals surface area (Å²) >= 11 is 1.88. The third-order valence-electron chi connectivity index (χ3n) is 1.70. The SMILES string of the molecule is CC1SCCC1NC(N)=O. The first-order valence-electron chi connectivity index (χ1n) is 3.37. The van der Waals surface area contributed by atoms with Crippen LogP contribution < -0.4 is 11.1 Å². The summed E-state index contributed by atoms with van der Waals surface area (Å²) in [5.74, 6) is 1.13. The Morgan fingerprint density at radius 2 is 2.50 bits per heavy atom. The van der Waals surface area contributed by atoms with E-state index in [1.807, 2.05) is 11.8 Å². The lowest BCUT2D eigenvalue weighted by Gasteiger charge is -2.13. The van der Waals surface area contributed by atoms with Gasteiger partial charge in [-0.15, -0.1) is 0 Å². The van der Waals surface area contributed by atoms with Gasteiger partial charge < -0.3 is 11.1 Å². The second kappa shape index (κ2) is 3.14. The molecular formula is C6H12N2OS. The van der Waals surface area contributed by atoms with Crippen LogP contribution in [0.3, 0.4) is 0 Å². The van der Waals surface area contributed by atoms with Crippen molar-refractivity contribution < 1.29 is 4.79 Å². The van der Waals surface area contributed by atoms with E-state index in [0.29, 0.717) is 11.3 Å². The maximum Gasteiger partial charge on any atom is 0.312 e. The third kappa shape index (κ3) is 1.80. The van der Waals surface area contributed by atoms with Gasteiger partial charge in [0, 0.05) is 11.3 Å². The molecule has 4 heteroatoms. The summed E-state index contributed by atoms with van der Waals surface area (Å²) in [5, 5.41) is 3.23. The van der Waals surface area contributed by atoms with Gasteiger partial charge in [-0.3, -0.25) is 0 Å². The quantitative estimate of drug-likeness (QED) is 0.588. The minimum atomic E-state index is -0.403. The molecule has 2 atom stereocenters. The summed E-state index contributed by atoms with van der Waals surface area (Å²) in [6.45, 7) is 2.11. The number of carbonyl (C=O) groups is 1. The highest BCUT2D eigenvalue weighted by atomic mass is 32.2. The molecule has 0 aromatic carbocycles. The summed E-state index contributed by atoms with van der Waals surface area (Å²) in [6, 6.07) is -0.109. The van der Waals surface area contributed by atoms with Gasteiger partial charge in [0.05, 0.1) is 0 Å². The average molecular weight is 160 g/mol. The zero-order valence-electron chi connectivity index (χ0n) is 5.96. The van der Waals surface area contributed by atoms with Crippen molar-refractivity contribution in [3.05, 3.63) is 0 Å². The third-order valence-corrected chi connectivity index (χ3v) is 3.03. The van der Waals surface area contributed by atoms with E-state index in [9.17, 15) is 4.79 Å². The maximum absolute atomic E-state index is 10.4. The summed E-state index contributed by atoms with van der Waals surface area (Å²) < 4.78 is 0. The zero-order chi connectivity index (χ0) is 7.56. The summed E-state index contributed by atoms with van der Waals surface area (Å²) in [4.78, 5) is 10.4. The number of thioether (sulfide) groups is 1. The van der Waals surface area contributed by atoms with E-state index in [2.05, 4.69) is 12.2 Å². The van der Waals surface area contributed by atoms with Gasteiger partial charge in [-0.25, -0.2) is 4.79 Å². The molecule has 1 heterocycles. The van der Waals surface area contributed by atoms with Crippen LogP contribution in [-0.2, 0) is 0 Å². The van der Waals surface area contributed by atoms with Gasteiger partial charge in [0.1, 0.15) is 0 Å². The Kier molecular flexibility index (Phi) is 2.43. The predicted molar refractivity (Wildman–Crippen MR) is 43.0 cm³/mol. The molecule has 10 heavy (non-hydrogen) atoms. The van der Waals surface area contributed by atoms with Crippen molar-refractivity contribution in [1.29, 1.82) is 0 Å². The molecule has 2 amide bonds. The molecule has 3 N–H and O–H groups in total. The molecule has 0 aromatic rings. The fourth-order valence-electron chi connectivity index (χ4n) is 1.10. The highest BCUT2D eigenvalue weighted by Crippen LogP contribution is 2.25. The van der Waals surface area contributed by atoms with Crippen molar-refractivity contribution >= 4 is 17.8 Å². The van der Waals surface area contributed by atoms with Crippen molar-refractivity contribution in [1.82, 2.24) is 5.32 Å². The van der Waals surface area contributed by atoms with Crippen molar-refractivity contribution in [2.45, 2.75) is 24.6 Å². The van der Waals surface area contributed by atoms with Crippen LogP contribution in [0.15, 0.2) is 0 Å². The van der Waals surface area contributed by atoms with Gasteiger partial charge in [-0.05, 0) is 12.2 Å². The van der Waals surface area contributed by atoms with Crippen molar-refractivity contribution in [2.75, 3.05) is 5.75 Å². The molecule has 0 radical (unpaired) electrons. The molecule has 2 unspecified atom stereocenters. The molecule has 58 valence electrons. The minimum Gasteiger partial charge on any atom is -0.352 e. The second-order valence-corrected chi connectivity index (χ2v) is 3.96. The number of amides is 2. The van der Waals surface area contributed by atoms with Crippen LogP contribution >= 0.6 is 11.8 Å². The number of hydrogen-bond acceptors (Lipinski definition) is 2. The highest BCUT2D eigenvalue weighted by molar-refractivity contribution is 8.00. The van der Waals surface area contributed by atoms with E-state index >= 15 is 0 Å². The van der Waals surface area contributed by atoms with Crippen molar-refractivity contribution in [2.24, 2.45) is 5.73 Å². The van der Waals surface area contributed by atoms with Gasteiger partial charge in [-0.2, -0.15) is 11.8 Å². The van der Waals surface area contributed by atoms with Gasteiger partial charge in [-0.1, -0.05) is 6.92 Å². The van der Waals surface area contributed by atoms with Crippen LogP contribution in [0.1, 0.15) is 13.3 Å². The van der Waals surface area contributed by atoms with Crippen LogP contribution in [-0.4, -0.2) is 23.1 Å². The molecule has 0 bridgehead atoms. The number of nitrogens with two attached hydrogens (primary N) is 1. The molecule has 0 aromatic heterocycles. The fraction of sp³-hybridized carbons (Fsp3) is 0.833. The Balaban J connectivity index is 2.33. The van der Waals surface area contributed by atoms with Crippen LogP contribution in [0.25, 0.3) is 0 Å². The average Bonchev–Trinajstić information content (AvgIpc) is 2.15. The number of primary amides is 1. The molecule has 3 nitrogen and oxygen atoms in total. The Labute approximate surface area is 64.7 Å². The Morgan fingerprint density at radius 3 is 2.90 bits per heavy atom. The van der Waals surface area contributed by atoms with Gasteiger partial charge in [0.2, 0.25) is 0 Å². The lowest BCUT2D eigenvalue weighted by molar-refractivity contribution is 0.245. The number of urea groups is 1.